The molecule has 0 N–H and O–H groups in total. The summed E-state index contributed by atoms with van der Waals surface area (Å²) in [4.78, 5) is 0. The minimum atomic E-state index is 0. The first-order valence-electron chi connectivity index (χ1n) is 9.00. The summed E-state index contributed by atoms with van der Waals surface area (Å²) in [6.45, 7) is 22.9. The zero-order chi connectivity index (χ0) is 18.1. The Hall–Kier alpha value is -1.82. The summed E-state index contributed by atoms with van der Waals surface area (Å²) in [5, 5.41) is 5.92. The van der Waals surface area contributed by atoms with Gasteiger partial charge in [-0.3, -0.25) is 0 Å². The molecule has 0 saturated carbocycles. The molecule has 0 bridgehead atoms. The minimum Gasteiger partial charge on any atom is -0.0776 e. The van der Waals surface area contributed by atoms with Gasteiger partial charge >= 0.3 is 0 Å². The van der Waals surface area contributed by atoms with Crippen molar-refractivity contribution in [3.05, 3.63) is 55.6 Å². The maximum Gasteiger partial charge on any atom is -0.00649 e. The van der Waals surface area contributed by atoms with Gasteiger partial charge in [0.15, 0.2) is 0 Å². The number of rotatable bonds is 0. The lowest BCUT2D eigenvalue weighted by atomic mass is 9.80. The lowest BCUT2D eigenvalue weighted by molar-refractivity contribution is 1.22. The first kappa shape index (κ1) is 19.5. The van der Waals surface area contributed by atoms with Crippen molar-refractivity contribution in [2.24, 2.45) is 0 Å². The molecule has 0 aliphatic heterocycles. The van der Waals surface area contributed by atoms with Crippen molar-refractivity contribution >= 4 is 21.5 Å². The van der Waals surface area contributed by atoms with Crippen LogP contribution in [0.1, 0.15) is 63.1 Å². The van der Waals surface area contributed by atoms with Crippen LogP contribution in [0.2, 0.25) is 0 Å². The van der Waals surface area contributed by atoms with Crippen LogP contribution in [0.25, 0.3) is 21.5 Å². The Balaban J connectivity index is 0.00000225. The van der Waals surface area contributed by atoms with E-state index in [0.717, 1.165) is 0 Å². The first-order valence-corrected chi connectivity index (χ1v) is 9.00. The number of benzene rings is 3. The third-order valence-corrected chi connectivity index (χ3v) is 6.94. The van der Waals surface area contributed by atoms with Gasteiger partial charge in [-0.25, -0.2) is 0 Å². The monoisotopic (exact) mass is 334 g/mol. The molecule has 0 fully saturated rings. The SMILES string of the molecule is C.Cc1c(C)c(C)c2c(c1C)c(C)c(C)c1c(C)c(C)c(C)c(C)c12. The topological polar surface area (TPSA) is 0 Å². The molecule has 0 saturated heterocycles. The van der Waals surface area contributed by atoms with Gasteiger partial charge in [0.2, 0.25) is 0 Å². The molecule has 0 amide bonds. The van der Waals surface area contributed by atoms with Crippen LogP contribution in [-0.2, 0) is 0 Å². The Kier molecular flexibility index (Phi) is 4.81. The number of hydrogen-bond acceptors (Lipinski definition) is 0. The second kappa shape index (κ2) is 6.16. The molecule has 3 aromatic rings. The molecular weight excluding hydrogens is 300 g/mol. The molecule has 0 aliphatic carbocycles. The average molecular weight is 335 g/mol. The summed E-state index contributed by atoms with van der Waals surface area (Å²) in [5.41, 5.74) is 14.5. The van der Waals surface area contributed by atoms with E-state index in [1.54, 1.807) is 0 Å². The Morgan fingerprint density at radius 1 is 0.240 bits per heavy atom. The zero-order valence-electron chi connectivity index (χ0n) is 17.0. The number of fused-ring (bicyclic) bond motifs is 3. The lowest BCUT2D eigenvalue weighted by Crippen LogP contribution is -2.03. The summed E-state index contributed by atoms with van der Waals surface area (Å²) in [5.74, 6) is 0. The molecule has 134 valence electrons. The van der Waals surface area contributed by atoms with Crippen LogP contribution < -0.4 is 0 Å². The summed E-state index contributed by atoms with van der Waals surface area (Å²) in [7, 11) is 0. The molecule has 3 aromatic carbocycles. The predicted molar refractivity (Wildman–Crippen MR) is 116 cm³/mol. The largest absolute Gasteiger partial charge is 0.0776 e. The van der Waals surface area contributed by atoms with Crippen molar-refractivity contribution in [1.82, 2.24) is 0 Å². The summed E-state index contributed by atoms with van der Waals surface area (Å²) in [6.07, 6.45) is 0. The minimum absolute atomic E-state index is 0. The molecule has 0 heteroatoms. The molecule has 0 spiro atoms. The number of hydrogen-bond donors (Lipinski definition) is 0. The molecular formula is C25H34. The maximum absolute atomic E-state index is 2.31. The van der Waals surface area contributed by atoms with Crippen molar-refractivity contribution in [1.29, 1.82) is 0 Å². The van der Waals surface area contributed by atoms with Crippen molar-refractivity contribution in [2.75, 3.05) is 0 Å². The van der Waals surface area contributed by atoms with Gasteiger partial charge in [0, 0.05) is 0 Å². The van der Waals surface area contributed by atoms with E-state index in [1.807, 2.05) is 0 Å². The molecule has 25 heavy (non-hydrogen) atoms. The summed E-state index contributed by atoms with van der Waals surface area (Å²) >= 11 is 0. The van der Waals surface area contributed by atoms with E-state index in [-0.39, 0.29) is 7.43 Å². The quantitative estimate of drug-likeness (QED) is 0.369. The van der Waals surface area contributed by atoms with Gasteiger partial charge < -0.3 is 0 Å². The zero-order valence-corrected chi connectivity index (χ0v) is 17.0. The van der Waals surface area contributed by atoms with Gasteiger partial charge in [-0.15, -0.1) is 0 Å². The van der Waals surface area contributed by atoms with E-state index in [2.05, 4.69) is 69.2 Å². The standard InChI is InChI=1S/C24H30.CH4/c1-11-13(3)17(7)23-21(15(11)5)19(9)20(10)22-16(6)12(2)14(4)18(8)24(22)23;/h1-10H3;1H4. The Morgan fingerprint density at radius 2 is 0.400 bits per heavy atom. The molecule has 0 nitrogen and oxygen atoms in total. The van der Waals surface area contributed by atoms with Crippen LogP contribution in [0.3, 0.4) is 0 Å². The fourth-order valence-electron chi connectivity index (χ4n) is 4.56. The van der Waals surface area contributed by atoms with E-state index in [0.29, 0.717) is 0 Å². The maximum atomic E-state index is 2.31. The van der Waals surface area contributed by atoms with E-state index < -0.39 is 0 Å². The van der Waals surface area contributed by atoms with Crippen LogP contribution in [0.15, 0.2) is 0 Å². The smallest absolute Gasteiger partial charge is 0.00649 e. The third-order valence-electron chi connectivity index (χ3n) is 6.94. The summed E-state index contributed by atoms with van der Waals surface area (Å²) < 4.78 is 0. The fourth-order valence-corrected chi connectivity index (χ4v) is 4.56. The van der Waals surface area contributed by atoms with Gasteiger partial charge in [-0.1, -0.05) is 7.43 Å². The van der Waals surface area contributed by atoms with Crippen LogP contribution in [-0.4, -0.2) is 0 Å². The second-order valence-corrected chi connectivity index (χ2v) is 7.75. The molecule has 0 aliphatic rings. The molecule has 0 atom stereocenters. The first-order chi connectivity index (χ1) is 11.1. The molecule has 0 unspecified atom stereocenters. The Bertz CT molecular complexity index is 946. The summed E-state index contributed by atoms with van der Waals surface area (Å²) in [6, 6.07) is 0. The number of aryl methyl sites for hydroxylation is 6. The van der Waals surface area contributed by atoms with Crippen molar-refractivity contribution in [2.45, 2.75) is 76.7 Å². The van der Waals surface area contributed by atoms with Crippen LogP contribution >= 0.6 is 0 Å². The molecule has 0 heterocycles. The molecule has 3 rings (SSSR count). The van der Waals surface area contributed by atoms with Gasteiger partial charge in [0.1, 0.15) is 0 Å². The van der Waals surface area contributed by atoms with Crippen molar-refractivity contribution < 1.29 is 0 Å². The third kappa shape index (κ3) is 2.34. The predicted octanol–water partition coefficient (Wildman–Crippen LogP) is 7.71. The highest BCUT2D eigenvalue weighted by molar-refractivity contribution is 6.16. The highest BCUT2D eigenvalue weighted by atomic mass is 14.2. The van der Waals surface area contributed by atoms with Crippen LogP contribution in [0.4, 0.5) is 0 Å². The second-order valence-electron chi connectivity index (χ2n) is 7.75. The van der Waals surface area contributed by atoms with E-state index in [4.69, 9.17) is 0 Å². The normalized spacial score (nSPS) is 11.3. The highest BCUT2D eigenvalue weighted by Crippen LogP contribution is 2.42. The van der Waals surface area contributed by atoms with E-state index in [9.17, 15) is 0 Å². The van der Waals surface area contributed by atoms with E-state index >= 15 is 0 Å². The fraction of sp³-hybridized carbons (Fsp3) is 0.440. The Labute approximate surface area is 154 Å². The van der Waals surface area contributed by atoms with Crippen molar-refractivity contribution in [3.63, 3.8) is 0 Å². The van der Waals surface area contributed by atoms with Gasteiger partial charge in [-0.05, 0) is 146 Å². The van der Waals surface area contributed by atoms with Gasteiger partial charge in [-0.2, -0.15) is 0 Å². The van der Waals surface area contributed by atoms with Crippen LogP contribution in [0, 0.1) is 69.2 Å². The lowest BCUT2D eigenvalue weighted by Gasteiger charge is -2.24. The van der Waals surface area contributed by atoms with Gasteiger partial charge in [0.25, 0.3) is 0 Å². The van der Waals surface area contributed by atoms with E-state index in [1.165, 1.54) is 77.2 Å². The highest BCUT2D eigenvalue weighted by Gasteiger charge is 2.20. The Morgan fingerprint density at radius 3 is 0.640 bits per heavy atom. The van der Waals surface area contributed by atoms with Gasteiger partial charge in [0.05, 0.1) is 0 Å². The molecule has 0 aromatic heterocycles. The molecule has 0 radical (unpaired) electrons. The average Bonchev–Trinajstić information content (AvgIpc) is 2.56. The van der Waals surface area contributed by atoms with Crippen LogP contribution in [0.5, 0.6) is 0 Å². The van der Waals surface area contributed by atoms with Crippen molar-refractivity contribution in [3.8, 4) is 0 Å².